The Kier molecular flexibility index (Phi) is 4.93. The standard InChI is InChI=1S/C19H23N3O/c1-2-22(17-6-4-3-5-7-17)18-10-8-15(9-11-18)12-21-19(23)16-13-20-14-16/h3-11,16,20H,2,12-14H2,1H3,(H,21,23). The molecule has 0 aliphatic carbocycles. The summed E-state index contributed by atoms with van der Waals surface area (Å²) in [6, 6.07) is 18.8. The Morgan fingerprint density at radius 1 is 1.09 bits per heavy atom. The van der Waals surface area contributed by atoms with Crippen LogP contribution in [0.2, 0.25) is 0 Å². The second-order valence-corrected chi connectivity index (χ2v) is 5.82. The monoisotopic (exact) mass is 309 g/mol. The van der Waals surface area contributed by atoms with Gasteiger partial charge in [-0.25, -0.2) is 0 Å². The lowest BCUT2D eigenvalue weighted by Crippen LogP contribution is -2.50. The first-order valence-corrected chi connectivity index (χ1v) is 8.18. The maximum atomic E-state index is 11.8. The summed E-state index contributed by atoms with van der Waals surface area (Å²) in [7, 11) is 0. The van der Waals surface area contributed by atoms with E-state index in [2.05, 4.69) is 71.0 Å². The average molecular weight is 309 g/mol. The van der Waals surface area contributed by atoms with Crippen molar-refractivity contribution in [1.82, 2.24) is 10.6 Å². The Morgan fingerprint density at radius 2 is 1.74 bits per heavy atom. The van der Waals surface area contributed by atoms with Gasteiger partial charge < -0.3 is 15.5 Å². The number of hydrogen-bond acceptors (Lipinski definition) is 3. The Morgan fingerprint density at radius 3 is 2.30 bits per heavy atom. The molecule has 1 aliphatic rings. The Balaban J connectivity index is 1.62. The molecule has 1 saturated heterocycles. The first-order valence-electron chi connectivity index (χ1n) is 8.18. The summed E-state index contributed by atoms with van der Waals surface area (Å²) in [4.78, 5) is 14.1. The fraction of sp³-hybridized carbons (Fsp3) is 0.316. The smallest absolute Gasteiger partial charge is 0.225 e. The van der Waals surface area contributed by atoms with Crippen LogP contribution in [0, 0.1) is 5.92 Å². The van der Waals surface area contributed by atoms with Crippen LogP contribution in [0.4, 0.5) is 11.4 Å². The predicted octanol–water partition coefficient (Wildman–Crippen LogP) is 2.68. The van der Waals surface area contributed by atoms with Gasteiger partial charge in [0.25, 0.3) is 0 Å². The molecule has 2 aromatic rings. The van der Waals surface area contributed by atoms with E-state index in [-0.39, 0.29) is 11.8 Å². The number of para-hydroxylation sites is 1. The van der Waals surface area contributed by atoms with E-state index < -0.39 is 0 Å². The van der Waals surface area contributed by atoms with Gasteiger partial charge in [-0.05, 0) is 36.8 Å². The molecular formula is C19H23N3O. The minimum Gasteiger partial charge on any atom is -0.352 e. The number of hydrogen-bond donors (Lipinski definition) is 2. The molecule has 0 atom stereocenters. The predicted molar refractivity (Wildman–Crippen MR) is 93.8 cm³/mol. The van der Waals surface area contributed by atoms with Gasteiger partial charge in [0.05, 0.1) is 5.92 Å². The highest BCUT2D eigenvalue weighted by molar-refractivity contribution is 5.80. The SMILES string of the molecule is CCN(c1ccccc1)c1ccc(CNC(=O)C2CNC2)cc1. The van der Waals surface area contributed by atoms with Crippen LogP contribution in [0.25, 0.3) is 0 Å². The lowest BCUT2D eigenvalue weighted by Gasteiger charge is -2.26. The van der Waals surface area contributed by atoms with Crippen LogP contribution in [0.3, 0.4) is 0 Å². The zero-order chi connectivity index (χ0) is 16.1. The highest BCUT2D eigenvalue weighted by Gasteiger charge is 2.24. The van der Waals surface area contributed by atoms with E-state index in [0.717, 1.165) is 30.9 Å². The van der Waals surface area contributed by atoms with E-state index in [1.54, 1.807) is 0 Å². The third-order valence-corrected chi connectivity index (χ3v) is 4.25. The van der Waals surface area contributed by atoms with E-state index >= 15 is 0 Å². The van der Waals surface area contributed by atoms with Crippen molar-refractivity contribution in [2.45, 2.75) is 13.5 Å². The molecule has 0 spiro atoms. The summed E-state index contributed by atoms with van der Waals surface area (Å²) in [6.07, 6.45) is 0. The molecular weight excluding hydrogens is 286 g/mol. The first kappa shape index (κ1) is 15.6. The van der Waals surface area contributed by atoms with E-state index in [4.69, 9.17) is 0 Å². The maximum Gasteiger partial charge on any atom is 0.225 e. The largest absolute Gasteiger partial charge is 0.352 e. The zero-order valence-corrected chi connectivity index (χ0v) is 13.5. The second kappa shape index (κ2) is 7.29. The van der Waals surface area contributed by atoms with Gasteiger partial charge >= 0.3 is 0 Å². The molecule has 4 nitrogen and oxygen atoms in total. The molecule has 23 heavy (non-hydrogen) atoms. The highest BCUT2D eigenvalue weighted by atomic mass is 16.2. The molecule has 120 valence electrons. The molecule has 0 radical (unpaired) electrons. The van der Waals surface area contributed by atoms with Gasteiger partial charge in [0, 0.05) is 37.6 Å². The van der Waals surface area contributed by atoms with E-state index in [1.165, 1.54) is 5.69 Å². The van der Waals surface area contributed by atoms with Crippen LogP contribution in [0.5, 0.6) is 0 Å². The molecule has 1 amide bonds. The number of carbonyl (C=O) groups excluding carboxylic acids is 1. The summed E-state index contributed by atoms with van der Waals surface area (Å²) in [6.45, 7) is 5.25. The van der Waals surface area contributed by atoms with E-state index in [0.29, 0.717) is 6.54 Å². The average Bonchev–Trinajstić information content (AvgIpc) is 2.54. The van der Waals surface area contributed by atoms with Crippen molar-refractivity contribution in [3.63, 3.8) is 0 Å². The molecule has 3 rings (SSSR count). The summed E-state index contributed by atoms with van der Waals surface area (Å²) < 4.78 is 0. The summed E-state index contributed by atoms with van der Waals surface area (Å²) in [5.41, 5.74) is 3.48. The van der Waals surface area contributed by atoms with Crippen molar-refractivity contribution >= 4 is 17.3 Å². The molecule has 0 unspecified atom stereocenters. The summed E-state index contributed by atoms with van der Waals surface area (Å²) in [5, 5.41) is 6.12. The molecule has 4 heteroatoms. The fourth-order valence-corrected chi connectivity index (χ4v) is 2.72. The van der Waals surface area contributed by atoms with Crippen molar-refractivity contribution in [2.75, 3.05) is 24.5 Å². The van der Waals surface area contributed by atoms with Gasteiger partial charge in [-0.15, -0.1) is 0 Å². The lowest BCUT2D eigenvalue weighted by atomic mass is 10.0. The number of anilines is 2. The fourth-order valence-electron chi connectivity index (χ4n) is 2.72. The van der Waals surface area contributed by atoms with Gasteiger partial charge in [0.2, 0.25) is 5.91 Å². The molecule has 1 heterocycles. The minimum atomic E-state index is 0.142. The van der Waals surface area contributed by atoms with Crippen LogP contribution in [0.15, 0.2) is 54.6 Å². The normalized spacial score (nSPS) is 14.1. The molecule has 0 aromatic heterocycles. The Hall–Kier alpha value is -2.33. The van der Waals surface area contributed by atoms with Crippen LogP contribution in [0.1, 0.15) is 12.5 Å². The Bertz CT molecular complexity index is 635. The number of rotatable bonds is 6. The van der Waals surface area contributed by atoms with Gasteiger partial charge in [0.15, 0.2) is 0 Å². The topological polar surface area (TPSA) is 44.4 Å². The third kappa shape index (κ3) is 3.71. The Labute approximate surface area is 137 Å². The van der Waals surface area contributed by atoms with Gasteiger partial charge in [-0.3, -0.25) is 4.79 Å². The lowest BCUT2D eigenvalue weighted by molar-refractivity contribution is -0.126. The molecule has 0 bridgehead atoms. The number of benzene rings is 2. The van der Waals surface area contributed by atoms with Crippen LogP contribution in [-0.4, -0.2) is 25.5 Å². The first-order chi connectivity index (χ1) is 11.3. The van der Waals surface area contributed by atoms with Crippen LogP contribution < -0.4 is 15.5 Å². The second-order valence-electron chi connectivity index (χ2n) is 5.82. The minimum absolute atomic E-state index is 0.142. The summed E-state index contributed by atoms with van der Waals surface area (Å²) >= 11 is 0. The van der Waals surface area contributed by atoms with Crippen molar-refractivity contribution in [2.24, 2.45) is 5.92 Å². The van der Waals surface area contributed by atoms with Crippen molar-refractivity contribution < 1.29 is 4.79 Å². The van der Waals surface area contributed by atoms with Crippen LogP contribution in [-0.2, 0) is 11.3 Å². The summed E-state index contributed by atoms with van der Waals surface area (Å²) in [5.74, 6) is 0.287. The molecule has 1 aliphatic heterocycles. The number of nitrogens with zero attached hydrogens (tertiary/aromatic N) is 1. The zero-order valence-electron chi connectivity index (χ0n) is 13.5. The van der Waals surface area contributed by atoms with Crippen molar-refractivity contribution in [3.8, 4) is 0 Å². The highest BCUT2D eigenvalue weighted by Crippen LogP contribution is 2.24. The van der Waals surface area contributed by atoms with Crippen molar-refractivity contribution in [3.05, 3.63) is 60.2 Å². The van der Waals surface area contributed by atoms with E-state index in [9.17, 15) is 4.79 Å². The molecule has 1 fully saturated rings. The number of carbonyl (C=O) groups is 1. The van der Waals surface area contributed by atoms with Gasteiger partial charge in [-0.1, -0.05) is 30.3 Å². The quantitative estimate of drug-likeness (QED) is 0.862. The van der Waals surface area contributed by atoms with E-state index in [1.807, 2.05) is 6.07 Å². The van der Waals surface area contributed by atoms with Gasteiger partial charge in [-0.2, -0.15) is 0 Å². The molecule has 2 aromatic carbocycles. The van der Waals surface area contributed by atoms with Crippen LogP contribution >= 0.6 is 0 Å². The molecule has 2 N–H and O–H groups in total. The number of nitrogens with one attached hydrogen (secondary N) is 2. The van der Waals surface area contributed by atoms with Crippen molar-refractivity contribution in [1.29, 1.82) is 0 Å². The van der Waals surface area contributed by atoms with Gasteiger partial charge in [0.1, 0.15) is 0 Å². The maximum absolute atomic E-state index is 11.8. The molecule has 0 saturated carbocycles. The third-order valence-electron chi connectivity index (χ3n) is 4.25. The number of amides is 1.